The Morgan fingerprint density at radius 2 is 1.76 bits per heavy atom. The molecular formula is C28H32ClF3N4O5. The Labute approximate surface area is 240 Å². The number of nitrogens with zero attached hydrogens (tertiary/aromatic N) is 3. The number of hydrogen-bond acceptors (Lipinski definition) is 7. The molecule has 0 saturated carbocycles. The van der Waals surface area contributed by atoms with Crippen LogP contribution in [-0.4, -0.2) is 76.1 Å². The van der Waals surface area contributed by atoms with Crippen LogP contribution in [0.15, 0.2) is 36.5 Å². The SMILES string of the molecule is CC(C)(Oc1ccc(Cl)cc1OC(F)(F)F)C(=O)NC1C[C@H]2CC[C@@H](C1)N2c1ccc(C(=O)N2CCC(O)C2)cn1. The van der Waals surface area contributed by atoms with Crippen molar-refractivity contribution >= 4 is 29.2 Å². The minimum atomic E-state index is -4.95. The molecule has 2 unspecified atom stereocenters. The second-order valence-corrected chi connectivity index (χ2v) is 11.7. The van der Waals surface area contributed by atoms with E-state index >= 15 is 0 Å². The minimum Gasteiger partial charge on any atom is -0.474 e. The van der Waals surface area contributed by atoms with E-state index in [0.29, 0.717) is 37.9 Å². The highest BCUT2D eigenvalue weighted by atomic mass is 35.5. The number of nitrogens with one attached hydrogen (secondary N) is 1. The molecule has 3 saturated heterocycles. The van der Waals surface area contributed by atoms with Crippen LogP contribution < -0.4 is 19.7 Å². The normalized spacial score (nSPS) is 24.4. The third-order valence-electron chi connectivity index (χ3n) is 7.82. The first-order chi connectivity index (χ1) is 19.3. The highest BCUT2D eigenvalue weighted by Gasteiger charge is 2.43. The molecule has 0 radical (unpaired) electrons. The summed E-state index contributed by atoms with van der Waals surface area (Å²) in [6.07, 6.45) is -0.121. The summed E-state index contributed by atoms with van der Waals surface area (Å²) in [6.45, 7) is 3.81. The van der Waals surface area contributed by atoms with Crippen molar-refractivity contribution in [2.45, 2.75) is 82.1 Å². The number of β-amino-alcohol motifs (C(OH)–C–C–N with tert-alkyl or cyclic N) is 1. The molecule has 3 aliphatic rings. The molecule has 4 atom stereocenters. The number of carbonyl (C=O) groups is 2. The van der Waals surface area contributed by atoms with Gasteiger partial charge in [0.1, 0.15) is 5.82 Å². The number of carbonyl (C=O) groups excluding carboxylic acids is 2. The molecule has 2 bridgehead atoms. The number of alkyl halides is 3. The van der Waals surface area contributed by atoms with Crippen LogP contribution in [0, 0.1) is 0 Å². The van der Waals surface area contributed by atoms with E-state index in [9.17, 15) is 27.9 Å². The topological polar surface area (TPSA) is 104 Å². The van der Waals surface area contributed by atoms with Gasteiger partial charge in [0.25, 0.3) is 11.8 Å². The van der Waals surface area contributed by atoms with Crippen LogP contribution in [0.2, 0.25) is 5.02 Å². The van der Waals surface area contributed by atoms with Gasteiger partial charge in [0, 0.05) is 48.5 Å². The zero-order valence-corrected chi connectivity index (χ0v) is 23.4. The number of piperidine rings is 1. The number of likely N-dealkylation sites (tertiary alicyclic amines) is 1. The third kappa shape index (κ3) is 6.64. The summed E-state index contributed by atoms with van der Waals surface area (Å²) in [4.78, 5) is 34.4. The van der Waals surface area contributed by atoms with Crippen molar-refractivity contribution in [2.24, 2.45) is 0 Å². The van der Waals surface area contributed by atoms with Gasteiger partial charge in [-0.1, -0.05) is 11.6 Å². The number of halogens is 4. The van der Waals surface area contributed by atoms with Crippen molar-refractivity contribution in [1.82, 2.24) is 15.2 Å². The van der Waals surface area contributed by atoms with Crippen molar-refractivity contribution in [2.75, 3.05) is 18.0 Å². The van der Waals surface area contributed by atoms with Gasteiger partial charge in [-0.25, -0.2) is 4.98 Å². The first kappa shape index (κ1) is 29.2. The summed E-state index contributed by atoms with van der Waals surface area (Å²) in [6, 6.07) is 7.29. The lowest BCUT2D eigenvalue weighted by atomic mass is 9.96. The molecule has 0 aliphatic carbocycles. The summed E-state index contributed by atoms with van der Waals surface area (Å²) in [7, 11) is 0. The van der Waals surface area contributed by atoms with Gasteiger partial charge in [0.15, 0.2) is 17.1 Å². The highest BCUT2D eigenvalue weighted by Crippen LogP contribution is 2.40. The zero-order chi connectivity index (χ0) is 29.5. The molecule has 2 N–H and O–H groups in total. The van der Waals surface area contributed by atoms with Gasteiger partial charge in [0.05, 0.1) is 11.7 Å². The lowest BCUT2D eigenvalue weighted by Crippen LogP contribution is -2.55. The number of benzene rings is 1. The Kier molecular flexibility index (Phi) is 7.99. The van der Waals surface area contributed by atoms with E-state index in [1.807, 2.05) is 6.07 Å². The van der Waals surface area contributed by atoms with Crippen LogP contribution in [-0.2, 0) is 4.79 Å². The number of aliphatic hydroxyl groups excluding tert-OH is 1. The van der Waals surface area contributed by atoms with Crippen molar-refractivity contribution in [1.29, 1.82) is 0 Å². The van der Waals surface area contributed by atoms with Gasteiger partial charge in [-0.05, 0) is 70.2 Å². The highest BCUT2D eigenvalue weighted by molar-refractivity contribution is 6.30. The van der Waals surface area contributed by atoms with Crippen molar-refractivity contribution in [3.8, 4) is 11.5 Å². The summed E-state index contributed by atoms with van der Waals surface area (Å²) in [5, 5.41) is 12.8. The molecule has 222 valence electrons. The number of aliphatic hydroxyl groups is 1. The van der Waals surface area contributed by atoms with E-state index in [4.69, 9.17) is 16.3 Å². The molecule has 13 heteroatoms. The third-order valence-corrected chi connectivity index (χ3v) is 8.06. The lowest BCUT2D eigenvalue weighted by Gasteiger charge is -2.41. The number of rotatable bonds is 7. The number of anilines is 1. The maximum atomic E-state index is 13.2. The van der Waals surface area contributed by atoms with E-state index in [1.165, 1.54) is 26.0 Å². The molecule has 1 aromatic heterocycles. The second-order valence-electron chi connectivity index (χ2n) is 11.3. The van der Waals surface area contributed by atoms with Crippen molar-refractivity contribution in [3.05, 3.63) is 47.1 Å². The Morgan fingerprint density at radius 1 is 1.05 bits per heavy atom. The molecule has 3 aliphatic heterocycles. The zero-order valence-electron chi connectivity index (χ0n) is 22.7. The number of aromatic nitrogens is 1. The van der Waals surface area contributed by atoms with Crippen LogP contribution in [0.4, 0.5) is 19.0 Å². The molecular weight excluding hydrogens is 565 g/mol. The minimum absolute atomic E-state index is 0.0308. The monoisotopic (exact) mass is 596 g/mol. The van der Waals surface area contributed by atoms with Gasteiger partial charge < -0.3 is 29.7 Å². The van der Waals surface area contributed by atoms with Gasteiger partial charge in [-0.15, -0.1) is 13.2 Å². The Bertz CT molecular complexity index is 1280. The quantitative estimate of drug-likeness (QED) is 0.491. The van der Waals surface area contributed by atoms with E-state index in [2.05, 4.69) is 19.9 Å². The van der Waals surface area contributed by atoms with Crippen LogP contribution in [0.25, 0.3) is 0 Å². The summed E-state index contributed by atoms with van der Waals surface area (Å²) in [5.74, 6) is -0.725. The fourth-order valence-corrected chi connectivity index (χ4v) is 6.06. The fraction of sp³-hybridized carbons (Fsp3) is 0.536. The van der Waals surface area contributed by atoms with Crippen LogP contribution in [0.5, 0.6) is 11.5 Å². The molecule has 9 nitrogen and oxygen atoms in total. The summed E-state index contributed by atoms with van der Waals surface area (Å²) in [5.41, 5.74) is -1.02. The molecule has 4 heterocycles. The number of fused-ring (bicyclic) bond motifs is 2. The van der Waals surface area contributed by atoms with E-state index in [0.717, 1.165) is 24.7 Å². The molecule has 2 aromatic rings. The van der Waals surface area contributed by atoms with Crippen molar-refractivity contribution in [3.63, 3.8) is 0 Å². The van der Waals surface area contributed by atoms with Crippen LogP contribution in [0.1, 0.15) is 56.3 Å². The van der Waals surface area contributed by atoms with Gasteiger partial charge >= 0.3 is 6.36 Å². The van der Waals surface area contributed by atoms with E-state index < -0.39 is 29.7 Å². The number of hydrogen-bond donors (Lipinski definition) is 2. The average molecular weight is 597 g/mol. The van der Waals surface area contributed by atoms with Gasteiger partial charge in [-0.3, -0.25) is 9.59 Å². The first-order valence-electron chi connectivity index (χ1n) is 13.6. The largest absolute Gasteiger partial charge is 0.573 e. The molecule has 0 spiro atoms. The number of amides is 2. The smallest absolute Gasteiger partial charge is 0.474 e. The van der Waals surface area contributed by atoms with Crippen molar-refractivity contribution < 1.29 is 37.3 Å². The van der Waals surface area contributed by atoms with Gasteiger partial charge in [0.2, 0.25) is 0 Å². The fourth-order valence-electron chi connectivity index (χ4n) is 5.89. The molecule has 5 rings (SSSR count). The van der Waals surface area contributed by atoms with E-state index in [1.54, 1.807) is 17.2 Å². The molecule has 2 amide bonds. The average Bonchev–Trinajstić information content (AvgIpc) is 3.44. The summed E-state index contributed by atoms with van der Waals surface area (Å²) >= 11 is 5.83. The second kappa shape index (κ2) is 11.2. The maximum Gasteiger partial charge on any atom is 0.573 e. The Hall–Kier alpha value is -3.25. The number of pyridine rings is 1. The van der Waals surface area contributed by atoms with E-state index in [-0.39, 0.29) is 34.8 Å². The maximum absolute atomic E-state index is 13.2. The molecule has 1 aromatic carbocycles. The molecule has 41 heavy (non-hydrogen) atoms. The predicted octanol–water partition coefficient (Wildman–Crippen LogP) is 4.31. The Balaban J connectivity index is 1.20. The Morgan fingerprint density at radius 3 is 2.34 bits per heavy atom. The standard InChI is InChI=1S/C28H32ClF3N4O5/c1-27(2,40-22-7-4-17(29)11-23(22)41-28(30,31)32)26(39)34-18-12-19-5-6-20(13-18)36(19)24-8-3-16(14-33-24)25(38)35-10-9-21(37)15-35/h3-4,7-8,11,14,18-21,37H,5-6,9-10,12-13,15H2,1-2H3,(H,34,39)/t18?,19-,20+,21?. The van der Waals surface area contributed by atoms with Crippen LogP contribution >= 0.6 is 11.6 Å². The predicted molar refractivity (Wildman–Crippen MR) is 144 cm³/mol. The summed E-state index contributed by atoms with van der Waals surface area (Å²) < 4.78 is 48.4. The van der Waals surface area contributed by atoms with Gasteiger partial charge in [-0.2, -0.15) is 0 Å². The van der Waals surface area contributed by atoms with Crippen LogP contribution in [0.3, 0.4) is 0 Å². The first-order valence-corrected chi connectivity index (χ1v) is 13.9. The lowest BCUT2D eigenvalue weighted by molar-refractivity contribution is -0.275. The molecule has 3 fully saturated rings. The number of ether oxygens (including phenoxy) is 2.